The molecule has 0 aromatic carbocycles. The third-order valence-electron chi connectivity index (χ3n) is 3.41. The molecule has 0 bridgehead atoms. The topological polar surface area (TPSA) is 94.5 Å². The van der Waals surface area contributed by atoms with Gasteiger partial charge >= 0.3 is 0 Å². The normalized spacial score (nSPS) is 21.2. The van der Waals surface area contributed by atoms with E-state index >= 15 is 0 Å². The van der Waals surface area contributed by atoms with Crippen LogP contribution in [0.3, 0.4) is 0 Å². The van der Waals surface area contributed by atoms with Crippen molar-refractivity contribution in [3.05, 3.63) is 29.6 Å². The maximum absolute atomic E-state index is 12.0. The zero-order valence-corrected chi connectivity index (χ0v) is 13.9. The number of aromatic nitrogens is 1. The minimum Gasteiger partial charge on any atom is -0.545 e. The van der Waals surface area contributed by atoms with E-state index in [2.05, 4.69) is 15.3 Å². The first-order chi connectivity index (χ1) is 8.86. The Morgan fingerprint density at radius 1 is 1.45 bits per heavy atom. The van der Waals surface area contributed by atoms with Crippen LogP contribution in [0, 0.1) is 5.92 Å². The number of amides is 1. The summed E-state index contributed by atoms with van der Waals surface area (Å²) in [6.07, 6.45) is 1.45. The predicted octanol–water partition coefficient (Wildman–Crippen LogP) is -0.645. The Morgan fingerprint density at radius 2 is 2.10 bits per heavy atom. The van der Waals surface area contributed by atoms with Gasteiger partial charge in [0, 0.05) is 41.3 Å². The fraction of sp³-hybridized carbons (Fsp3) is 0.385. The zero-order valence-electron chi connectivity index (χ0n) is 11.9. The number of hydrogen-bond donors (Lipinski definition) is 1. The van der Waals surface area contributed by atoms with Gasteiger partial charge in [-0.15, -0.1) is 0 Å². The SMILES string of the molecule is CC(C)C1(C)N=C(c2ncccc2C(=O)[O-])NC1=O.[Na]. The number of pyridine rings is 1. The summed E-state index contributed by atoms with van der Waals surface area (Å²) in [6.45, 7) is 5.47. The number of nitrogens with one attached hydrogen (secondary N) is 1. The van der Waals surface area contributed by atoms with Crippen LogP contribution in [0.25, 0.3) is 0 Å². The summed E-state index contributed by atoms with van der Waals surface area (Å²) in [5, 5.41) is 13.6. The van der Waals surface area contributed by atoms with Gasteiger partial charge < -0.3 is 15.2 Å². The standard InChI is InChI=1S/C13H15N3O3.Na/c1-7(2)13(3)12(19)15-10(16-13)9-8(11(17)18)5-4-6-14-9;/h4-7H,1-3H3,(H,17,18)(H,15,16,19);/p-1. The van der Waals surface area contributed by atoms with Gasteiger partial charge in [-0.3, -0.25) is 9.78 Å². The van der Waals surface area contributed by atoms with E-state index in [0.717, 1.165) is 0 Å². The monoisotopic (exact) mass is 283 g/mol. The van der Waals surface area contributed by atoms with E-state index in [1.165, 1.54) is 18.3 Å². The zero-order chi connectivity index (χ0) is 14.2. The smallest absolute Gasteiger partial charge is 0.253 e. The van der Waals surface area contributed by atoms with Gasteiger partial charge in [0.05, 0.1) is 5.97 Å². The molecule has 20 heavy (non-hydrogen) atoms. The van der Waals surface area contributed by atoms with Crippen LogP contribution < -0.4 is 10.4 Å². The Balaban J connectivity index is 0.00000200. The van der Waals surface area contributed by atoms with Crippen molar-refractivity contribution < 1.29 is 14.7 Å². The Morgan fingerprint density at radius 3 is 2.60 bits per heavy atom. The number of hydrogen-bond acceptors (Lipinski definition) is 5. The quantitative estimate of drug-likeness (QED) is 0.746. The van der Waals surface area contributed by atoms with E-state index < -0.39 is 11.5 Å². The van der Waals surface area contributed by atoms with Crippen LogP contribution in [0.4, 0.5) is 0 Å². The molecule has 0 spiro atoms. The maximum Gasteiger partial charge on any atom is 0.253 e. The van der Waals surface area contributed by atoms with Crippen LogP contribution >= 0.6 is 0 Å². The van der Waals surface area contributed by atoms with Gasteiger partial charge in [0.25, 0.3) is 5.91 Å². The molecule has 0 saturated heterocycles. The van der Waals surface area contributed by atoms with E-state index in [9.17, 15) is 14.7 Å². The van der Waals surface area contributed by atoms with E-state index in [0.29, 0.717) is 0 Å². The van der Waals surface area contributed by atoms with Gasteiger partial charge in [-0.1, -0.05) is 13.8 Å². The van der Waals surface area contributed by atoms with Crippen LogP contribution in [0.2, 0.25) is 0 Å². The summed E-state index contributed by atoms with van der Waals surface area (Å²) in [4.78, 5) is 31.3. The number of carbonyl (C=O) groups is 2. The van der Waals surface area contributed by atoms with Crippen LogP contribution in [0.5, 0.6) is 0 Å². The van der Waals surface area contributed by atoms with Crippen molar-refractivity contribution in [2.45, 2.75) is 26.3 Å². The number of carboxylic acids is 1. The fourth-order valence-corrected chi connectivity index (χ4v) is 1.81. The summed E-state index contributed by atoms with van der Waals surface area (Å²) in [6, 6.07) is 2.87. The van der Waals surface area contributed by atoms with Crippen molar-refractivity contribution in [3.8, 4) is 0 Å². The molecule has 1 amide bonds. The molecule has 1 aromatic rings. The molecular formula is C13H14N3NaO3-. The molecule has 1 atom stereocenters. The van der Waals surface area contributed by atoms with Crippen LogP contribution in [0.1, 0.15) is 36.8 Å². The molecule has 101 valence electrons. The molecule has 1 N–H and O–H groups in total. The van der Waals surface area contributed by atoms with E-state index in [1.807, 2.05) is 13.8 Å². The number of nitrogens with zero attached hydrogens (tertiary/aromatic N) is 2. The fourth-order valence-electron chi connectivity index (χ4n) is 1.81. The van der Waals surface area contributed by atoms with Crippen molar-refractivity contribution in [2.75, 3.05) is 0 Å². The molecule has 0 aliphatic carbocycles. The van der Waals surface area contributed by atoms with Crippen molar-refractivity contribution >= 4 is 47.3 Å². The van der Waals surface area contributed by atoms with Crippen molar-refractivity contribution in [2.24, 2.45) is 10.9 Å². The average Bonchev–Trinajstić information content (AvgIpc) is 2.67. The van der Waals surface area contributed by atoms with E-state index in [4.69, 9.17) is 0 Å². The number of carbonyl (C=O) groups excluding carboxylic acids is 2. The Labute approximate surface area is 139 Å². The third-order valence-corrected chi connectivity index (χ3v) is 3.41. The summed E-state index contributed by atoms with van der Waals surface area (Å²) in [5.41, 5.74) is -0.870. The summed E-state index contributed by atoms with van der Waals surface area (Å²) < 4.78 is 0. The predicted molar refractivity (Wildman–Crippen MR) is 72.2 cm³/mol. The molecule has 1 aliphatic heterocycles. The Bertz CT molecular complexity index is 586. The van der Waals surface area contributed by atoms with Gasteiger partial charge in [-0.25, -0.2) is 4.99 Å². The largest absolute Gasteiger partial charge is 0.545 e. The molecule has 1 unspecified atom stereocenters. The second kappa shape index (κ2) is 6.03. The molecule has 1 aliphatic rings. The number of aromatic carboxylic acids is 1. The van der Waals surface area contributed by atoms with Crippen molar-refractivity contribution in [3.63, 3.8) is 0 Å². The van der Waals surface area contributed by atoms with Gasteiger partial charge in [-0.05, 0) is 25.0 Å². The van der Waals surface area contributed by atoms with E-state index in [-0.39, 0.29) is 58.5 Å². The van der Waals surface area contributed by atoms with Gasteiger partial charge in [0.2, 0.25) is 0 Å². The van der Waals surface area contributed by atoms with Crippen LogP contribution in [-0.4, -0.2) is 57.8 Å². The molecule has 7 heteroatoms. The van der Waals surface area contributed by atoms with Gasteiger partial charge in [0.1, 0.15) is 11.2 Å². The molecular weight excluding hydrogens is 269 g/mol. The van der Waals surface area contributed by atoms with Crippen molar-refractivity contribution in [1.82, 2.24) is 10.3 Å². The first-order valence-corrected chi connectivity index (χ1v) is 5.94. The van der Waals surface area contributed by atoms with E-state index in [1.54, 1.807) is 6.92 Å². The summed E-state index contributed by atoms with van der Waals surface area (Å²) in [7, 11) is 0. The molecule has 1 radical (unpaired) electrons. The van der Waals surface area contributed by atoms with Gasteiger partial charge in [0.15, 0.2) is 5.84 Å². The van der Waals surface area contributed by atoms with Crippen LogP contribution in [0.15, 0.2) is 23.3 Å². The maximum atomic E-state index is 12.0. The molecule has 0 fully saturated rings. The second-order valence-electron chi connectivity index (χ2n) is 4.90. The number of rotatable bonds is 3. The Kier molecular flexibility index (Phi) is 5.07. The van der Waals surface area contributed by atoms with Crippen LogP contribution in [-0.2, 0) is 4.79 Å². The number of amidine groups is 1. The molecule has 2 rings (SSSR count). The number of aliphatic imine (C=N–C) groups is 1. The third kappa shape index (κ3) is 2.77. The second-order valence-corrected chi connectivity index (χ2v) is 4.90. The van der Waals surface area contributed by atoms with Crippen molar-refractivity contribution in [1.29, 1.82) is 0 Å². The minimum absolute atomic E-state index is 0. The molecule has 6 nitrogen and oxygen atoms in total. The molecule has 2 heterocycles. The first-order valence-electron chi connectivity index (χ1n) is 5.94. The molecule has 1 aromatic heterocycles. The summed E-state index contributed by atoms with van der Waals surface area (Å²) >= 11 is 0. The average molecular weight is 283 g/mol. The minimum atomic E-state index is -1.35. The first kappa shape index (κ1) is 16.8. The summed E-state index contributed by atoms with van der Waals surface area (Å²) in [5.74, 6) is -1.44. The number of carboxylic acid groups (broad SMARTS) is 1. The van der Waals surface area contributed by atoms with Gasteiger partial charge in [-0.2, -0.15) is 0 Å². The molecule has 0 saturated carbocycles. The Hall–Kier alpha value is -1.24.